The highest BCUT2D eigenvalue weighted by atomic mass is 16.6. The minimum atomic E-state index is -1.04. The minimum Gasteiger partial charge on any atom is -0.463 e. The van der Waals surface area contributed by atoms with Crippen molar-refractivity contribution in [2.24, 2.45) is 5.92 Å². The first-order valence-corrected chi connectivity index (χ1v) is 5.24. The number of allylic oxidation sites excluding steroid dienone is 1. The van der Waals surface area contributed by atoms with Crippen molar-refractivity contribution in [1.29, 1.82) is 0 Å². The first-order chi connectivity index (χ1) is 8.08. The van der Waals surface area contributed by atoms with Crippen LogP contribution in [0.1, 0.15) is 12.8 Å². The Bertz CT molecular complexity index is 358. The van der Waals surface area contributed by atoms with E-state index in [9.17, 15) is 14.4 Å². The van der Waals surface area contributed by atoms with Gasteiger partial charge in [0, 0.05) is 18.4 Å². The Kier molecular flexibility index (Phi) is 4.63. The fourth-order valence-corrected chi connectivity index (χ4v) is 1.58. The molecule has 5 nitrogen and oxygen atoms in total. The number of carbonyl (C=O) groups is 3. The minimum absolute atomic E-state index is 0.128. The Morgan fingerprint density at radius 2 is 2.06 bits per heavy atom. The Hall–Kier alpha value is -1.91. The third kappa shape index (κ3) is 3.55. The average Bonchev–Trinajstić information content (AvgIpc) is 2.51. The molecule has 17 heavy (non-hydrogen) atoms. The van der Waals surface area contributed by atoms with Crippen LogP contribution in [0.2, 0.25) is 0 Å². The van der Waals surface area contributed by atoms with E-state index in [1.54, 1.807) is 0 Å². The van der Waals surface area contributed by atoms with Crippen molar-refractivity contribution in [2.75, 3.05) is 6.61 Å². The van der Waals surface area contributed by atoms with Crippen LogP contribution < -0.4 is 0 Å². The van der Waals surface area contributed by atoms with Crippen molar-refractivity contribution in [2.45, 2.75) is 18.9 Å². The van der Waals surface area contributed by atoms with E-state index in [-0.39, 0.29) is 18.8 Å². The summed E-state index contributed by atoms with van der Waals surface area (Å²) in [4.78, 5) is 34.0. The maximum atomic E-state index is 11.5. The second kappa shape index (κ2) is 5.98. The zero-order chi connectivity index (χ0) is 12.8. The monoisotopic (exact) mass is 238 g/mol. The highest BCUT2D eigenvalue weighted by Crippen LogP contribution is 2.20. The fourth-order valence-electron chi connectivity index (χ4n) is 1.58. The summed E-state index contributed by atoms with van der Waals surface area (Å²) in [6.07, 6.45) is 1.66. The van der Waals surface area contributed by atoms with Crippen molar-refractivity contribution in [1.82, 2.24) is 0 Å². The third-order valence-electron chi connectivity index (χ3n) is 2.50. The summed E-state index contributed by atoms with van der Waals surface area (Å²) in [6, 6.07) is 0. The van der Waals surface area contributed by atoms with E-state index in [0.29, 0.717) is 6.42 Å². The molecule has 0 amide bonds. The lowest BCUT2D eigenvalue weighted by molar-refractivity contribution is -0.164. The molecule has 92 valence electrons. The van der Waals surface area contributed by atoms with Crippen LogP contribution in [0.15, 0.2) is 25.3 Å². The van der Waals surface area contributed by atoms with Gasteiger partial charge in [0.15, 0.2) is 11.9 Å². The second-order valence-electron chi connectivity index (χ2n) is 3.62. The molecule has 1 aliphatic heterocycles. The van der Waals surface area contributed by atoms with Gasteiger partial charge in [-0.05, 0) is 12.5 Å². The van der Waals surface area contributed by atoms with E-state index >= 15 is 0 Å². The molecule has 2 unspecified atom stereocenters. The van der Waals surface area contributed by atoms with Gasteiger partial charge in [-0.3, -0.25) is 4.79 Å². The molecule has 1 heterocycles. The normalized spacial score (nSPS) is 24.1. The Balaban J connectivity index is 2.74. The van der Waals surface area contributed by atoms with Crippen molar-refractivity contribution in [3.8, 4) is 0 Å². The number of ether oxygens (including phenoxy) is 2. The van der Waals surface area contributed by atoms with E-state index in [2.05, 4.69) is 13.2 Å². The lowest BCUT2D eigenvalue weighted by atomic mass is 9.94. The van der Waals surface area contributed by atoms with Crippen molar-refractivity contribution in [3.63, 3.8) is 0 Å². The van der Waals surface area contributed by atoms with E-state index in [4.69, 9.17) is 9.47 Å². The zero-order valence-electron chi connectivity index (χ0n) is 9.39. The predicted octanol–water partition coefficient (Wildman–Crippen LogP) is 0.792. The van der Waals surface area contributed by atoms with Crippen molar-refractivity contribution in [3.05, 3.63) is 25.3 Å². The van der Waals surface area contributed by atoms with Gasteiger partial charge in [0.1, 0.15) is 0 Å². The molecular weight excluding hydrogens is 224 g/mol. The molecule has 1 saturated heterocycles. The maximum absolute atomic E-state index is 11.5. The van der Waals surface area contributed by atoms with E-state index < -0.39 is 24.0 Å². The van der Waals surface area contributed by atoms with Gasteiger partial charge in [0.2, 0.25) is 0 Å². The number of rotatable bonds is 4. The lowest BCUT2D eigenvalue weighted by Gasteiger charge is -2.15. The van der Waals surface area contributed by atoms with Gasteiger partial charge in [-0.15, -0.1) is 0 Å². The lowest BCUT2D eigenvalue weighted by Crippen LogP contribution is -2.29. The summed E-state index contributed by atoms with van der Waals surface area (Å²) in [5, 5.41) is 0. The van der Waals surface area contributed by atoms with Gasteiger partial charge in [-0.1, -0.05) is 13.2 Å². The van der Waals surface area contributed by atoms with Crippen LogP contribution in [0.5, 0.6) is 0 Å². The summed E-state index contributed by atoms with van der Waals surface area (Å²) in [5.74, 6) is -1.91. The van der Waals surface area contributed by atoms with Crippen LogP contribution in [0.3, 0.4) is 0 Å². The average molecular weight is 238 g/mol. The van der Waals surface area contributed by atoms with Crippen molar-refractivity contribution < 1.29 is 23.9 Å². The number of carbonyl (C=O) groups excluding carboxylic acids is 3. The molecule has 0 saturated carbocycles. The van der Waals surface area contributed by atoms with Crippen molar-refractivity contribution >= 4 is 17.7 Å². The standard InChI is InChI=1S/C12H14O5/c1-3-9(13)8-5-6-16-12(15)10(7-8)17-11(14)4-2/h3-4,8,10H,1-2,5-7H2. The zero-order valence-corrected chi connectivity index (χ0v) is 9.39. The second-order valence-corrected chi connectivity index (χ2v) is 3.62. The van der Waals surface area contributed by atoms with Crippen LogP contribution in [0.4, 0.5) is 0 Å². The van der Waals surface area contributed by atoms with Gasteiger partial charge < -0.3 is 9.47 Å². The maximum Gasteiger partial charge on any atom is 0.347 e. The largest absolute Gasteiger partial charge is 0.463 e. The molecule has 0 bridgehead atoms. The topological polar surface area (TPSA) is 69.7 Å². The molecule has 0 aliphatic carbocycles. The van der Waals surface area contributed by atoms with Crippen LogP contribution in [0.25, 0.3) is 0 Å². The SMILES string of the molecule is C=CC(=O)OC1CC(C(=O)C=C)CCOC1=O. The summed E-state index contributed by atoms with van der Waals surface area (Å²) in [6.45, 7) is 6.77. The van der Waals surface area contributed by atoms with Crippen LogP contribution in [-0.2, 0) is 23.9 Å². The molecule has 1 rings (SSSR count). The van der Waals surface area contributed by atoms with E-state index in [0.717, 1.165) is 6.08 Å². The summed E-state index contributed by atoms with van der Waals surface area (Å²) < 4.78 is 9.69. The van der Waals surface area contributed by atoms with Gasteiger partial charge in [0.05, 0.1) is 6.61 Å². The Morgan fingerprint density at radius 3 is 2.65 bits per heavy atom. The molecule has 1 aliphatic rings. The number of cyclic esters (lactones) is 1. The molecule has 0 aromatic carbocycles. The van der Waals surface area contributed by atoms with Gasteiger partial charge in [-0.2, -0.15) is 0 Å². The first kappa shape index (κ1) is 13.2. The number of hydrogen-bond donors (Lipinski definition) is 0. The first-order valence-electron chi connectivity index (χ1n) is 5.24. The molecule has 0 aromatic rings. The quantitative estimate of drug-likeness (QED) is 0.535. The van der Waals surface area contributed by atoms with E-state index in [1.165, 1.54) is 6.08 Å². The highest BCUT2D eigenvalue weighted by Gasteiger charge is 2.32. The number of ketones is 1. The molecule has 0 aromatic heterocycles. The summed E-state index contributed by atoms with van der Waals surface area (Å²) in [5.41, 5.74) is 0. The third-order valence-corrected chi connectivity index (χ3v) is 2.50. The number of esters is 2. The van der Waals surface area contributed by atoms with Crippen LogP contribution in [0, 0.1) is 5.92 Å². The van der Waals surface area contributed by atoms with Gasteiger partial charge in [-0.25, -0.2) is 9.59 Å². The molecular formula is C12H14O5. The predicted molar refractivity (Wildman–Crippen MR) is 59.0 cm³/mol. The van der Waals surface area contributed by atoms with Crippen LogP contribution >= 0.6 is 0 Å². The molecule has 0 N–H and O–H groups in total. The molecule has 0 radical (unpaired) electrons. The Morgan fingerprint density at radius 1 is 1.35 bits per heavy atom. The molecule has 5 heteroatoms. The highest BCUT2D eigenvalue weighted by molar-refractivity contribution is 5.92. The van der Waals surface area contributed by atoms with Crippen LogP contribution in [-0.4, -0.2) is 30.4 Å². The summed E-state index contributed by atoms with van der Waals surface area (Å²) >= 11 is 0. The molecule has 0 spiro atoms. The fraction of sp³-hybridized carbons (Fsp3) is 0.417. The summed E-state index contributed by atoms with van der Waals surface area (Å²) in [7, 11) is 0. The molecule has 2 atom stereocenters. The van der Waals surface area contributed by atoms with Gasteiger partial charge in [0.25, 0.3) is 0 Å². The smallest absolute Gasteiger partial charge is 0.347 e. The van der Waals surface area contributed by atoms with Gasteiger partial charge >= 0.3 is 11.9 Å². The Labute approximate surface area is 99.1 Å². The molecule has 1 fully saturated rings. The number of hydrogen-bond acceptors (Lipinski definition) is 5. The van der Waals surface area contributed by atoms with E-state index in [1.807, 2.05) is 0 Å².